The fourth-order valence-corrected chi connectivity index (χ4v) is 2.71. The third kappa shape index (κ3) is 5.67. The molecule has 1 aliphatic rings. The number of nitrogens with zero attached hydrogens (tertiary/aromatic N) is 4. The lowest BCUT2D eigenvalue weighted by atomic mass is 10.1. The lowest BCUT2D eigenvalue weighted by Crippen LogP contribution is -2.51. The van der Waals surface area contributed by atoms with Crippen LogP contribution in [0, 0.1) is 6.92 Å². The molecule has 1 aromatic rings. The van der Waals surface area contributed by atoms with Crippen LogP contribution >= 0.6 is 0 Å². The zero-order valence-electron chi connectivity index (χ0n) is 15.3. The SMILES string of the molecule is Cc1cc(C(COC=O)N2CCN(C(=O)OC(C)(C)C)CC2)ncn1. The second kappa shape index (κ2) is 8.24. The van der Waals surface area contributed by atoms with Crippen LogP contribution in [0.15, 0.2) is 12.4 Å². The van der Waals surface area contributed by atoms with Crippen LogP contribution in [-0.2, 0) is 14.3 Å². The van der Waals surface area contributed by atoms with Gasteiger partial charge in [0.2, 0.25) is 0 Å². The summed E-state index contributed by atoms with van der Waals surface area (Å²) in [4.78, 5) is 35.1. The first kappa shape index (κ1) is 19.1. The Labute approximate surface area is 148 Å². The van der Waals surface area contributed by atoms with Gasteiger partial charge in [-0.15, -0.1) is 0 Å². The summed E-state index contributed by atoms with van der Waals surface area (Å²) in [6.45, 7) is 10.5. The van der Waals surface area contributed by atoms with Crippen LogP contribution < -0.4 is 0 Å². The number of piperazine rings is 1. The van der Waals surface area contributed by atoms with Gasteiger partial charge in [-0.1, -0.05) is 0 Å². The smallest absolute Gasteiger partial charge is 0.410 e. The van der Waals surface area contributed by atoms with E-state index in [0.29, 0.717) is 32.7 Å². The monoisotopic (exact) mass is 350 g/mol. The third-order valence-corrected chi connectivity index (χ3v) is 3.90. The highest BCUT2D eigenvalue weighted by Crippen LogP contribution is 2.22. The molecule has 1 aliphatic heterocycles. The molecule has 0 radical (unpaired) electrons. The van der Waals surface area contributed by atoms with Gasteiger partial charge in [-0.3, -0.25) is 9.69 Å². The van der Waals surface area contributed by atoms with Crippen molar-refractivity contribution in [2.24, 2.45) is 0 Å². The highest BCUT2D eigenvalue weighted by molar-refractivity contribution is 5.68. The summed E-state index contributed by atoms with van der Waals surface area (Å²) in [6, 6.07) is 1.73. The van der Waals surface area contributed by atoms with Gasteiger partial charge < -0.3 is 14.4 Å². The van der Waals surface area contributed by atoms with Gasteiger partial charge in [0.1, 0.15) is 18.5 Å². The molecule has 1 unspecified atom stereocenters. The maximum atomic E-state index is 12.2. The number of rotatable bonds is 5. The van der Waals surface area contributed by atoms with Crippen molar-refractivity contribution < 1.29 is 19.1 Å². The van der Waals surface area contributed by atoms with E-state index in [2.05, 4.69) is 14.9 Å². The van der Waals surface area contributed by atoms with Gasteiger partial charge in [-0.2, -0.15) is 0 Å². The van der Waals surface area contributed by atoms with Crippen molar-refractivity contribution >= 4 is 12.6 Å². The standard InChI is InChI=1S/C17H26N4O4/c1-13-9-14(19-11-18-13)15(10-24-12-22)20-5-7-21(8-6-20)16(23)25-17(2,3)4/h9,11-12,15H,5-8,10H2,1-4H3. The molecule has 2 rings (SSSR count). The average molecular weight is 350 g/mol. The summed E-state index contributed by atoms with van der Waals surface area (Å²) < 4.78 is 10.4. The summed E-state index contributed by atoms with van der Waals surface area (Å²) in [6.07, 6.45) is 1.21. The van der Waals surface area contributed by atoms with Crippen molar-refractivity contribution in [1.82, 2.24) is 19.8 Å². The van der Waals surface area contributed by atoms with Crippen LogP contribution in [-0.4, -0.2) is 70.7 Å². The molecule has 1 amide bonds. The van der Waals surface area contributed by atoms with Crippen LogP contribution in [0.2, 0.25) is 0 Å². The lowest BCUT2D eigenvalue weighted by Gasteiger charge is -2.39. The molecule has 8 nitrogen and oxygen atoms in total. The summed E-state index contributed by atoms with van der Waals surface area (Å²) in [5.41, 5.74) is 1.15. The average Bonchev–Trinajstić information content (AvgIpc) is 2.54. The normalized spacial score (nSPS) is 17.0. The van der Waals surface area contributed by atoms with Crippen LogP contribution in [0.5, 0.6) is 0 Å². The molecule has 0 aliphatic carbocycles. The van der Waals surface area contributed by atoms with Gasteiger partial charge in [-0.05, 0) is 33.8 Å². The van der Waals surface area contributed by atoms with Crippen molar-refractivity contribution in [3.05, 3.63) is 23.8 Å². The van der Waals surface area contributed by atoms with Gasteiger partial charge in [0.05, 0.1) is 11.7 Å². The Kier molecular flexibility index (Phi) is 6.30. The molecule has 0 spiro atoms. The maximum absolute atomic E-state index is 12.2. The molecule has 1 atom stereocenters. The van der Waals surface area contributed by atoms with Crippen LogP contribution in [0.4, 0.5) is 4.79 Å². The maximum Gasteiger partial charge on any atom is 0.410 e. The number of hydrogen-bond acceptors (Lipinski definition) is 7. The van der Waals surface area contributed by atoms with E-state index in [0.717, 1.165) is 11.4 Å². The molecule has 0 aromatic carbocycles. The number of aromatic nitrogens is 2. The Bertz CT molecular complexity index is 595. The second-order valence-corrected chi connectivity index (χ2v) is 7.03. The van der Waals surface area contributed by atoms with Gasteiger partial charge in [-0.25, -0.2) is 14.8 Å². The van der Waals surface area contributed by atoms with Crippen molar-refractivity contribution in [3.8, 4) is 0 Å². The zero-order chi connectivity index (χ0) is 18.4. The zero-order valence-corrected chi connectivity index (χ0v) is 15.3. The molecule has 138 valence electrons. The quantitative estimate of drug-likeness (QED) is 0.745. The molecule has 0 N–H and O–H groups in total. The summed E-state index contributed by atoms with van der Waals surface area (Å²) in [5, 5.41) is 0. The fraction of sp³-hybridized carbons (Fsp3) is 0.647. The first-order valence-corrected chi connectivity index (χ1v) is 8.36. The van der Waals surface area contributed by atoms with E-state index in [4.69, 9.17) is 9.47 Å². The predicted octanol–water partition coefficient (Wildman–Crippen LogP) is 1.55. The molecular formula is C17H26N4O4. The first-order valence-electron chi connectivity index (χ1n) is 8.36. The Hall–Kier alpha value is -2.22. The van der Waals surface area contributed by atoms with Crippen LogP contribution in [0.1, 0.15) is 38.2 Å². The number of ether oxygens (including phenoxy) is 2. The number of aryl methyl sites for hydroxylation is 1. The molecule has 2 heterocycles. The molecule has 8 heteroatoms. The Morgan fingerprint density at radius 2 is 1.96 bits per heavy atom. The topological polar surface area (TPSA) is 84.9 Å². The van der Waals surface area contributed by atoms with Gasteiger partial charge >= 0.3 is 6.09 Å². The van der Waals surface area contributed by atoms with Crippen molar-refractivity contribution in [2.45, 2.75) is 39.3 Å². The minimum atomic E-state index is -0.507. The van der Waals surface area contributed by atoms with Crippen molar-refractivity contribution in [3.63, 3.8) is 0 Å². The Morgan fingerprint density at radius 1 is 1.28 bits per heavy atom. The second-order valence-electron chi connectivity index (χ2n) is 7.03. The molecular weight excluding hydrogens is 324 g/mol. The number of amides is 1. The number of carbonyl (C=O) groups excluding carboxylic acids is 2. The summed E-state index contributed by atoms with van der Waals surface area (Å²) in [5.74, 6) is 0. The van der Waals surface area contributed by atoms with Crippen LogP contribution in [0.3, 0.4) is 0 Å². The fourth-order valence-electron chi connectivity index (χ4n) is 2.71. The van der Waals surface area contributed by atoms with Gasteiger partial charge in [0.25, 0.3) is 6.47 Å². The summed E-state index contributed by atoms with van der Waals surface area (Å²) >= 11 is 0. The highest BCUT2D eigenvalue weighted by atomic mass is 16.6. The molecule has 1 aromatic heterocycles. The largest absolute Gasteiger partial charge is 0.466 e. The highest BCUT2D eigenvalue weighted by Gasteiger charge is 2.30. The Morgan fingerprint density at radius 3 is 2.52 bits per heavy atom. The lowest BCUT2D eigenvalue weighted by molar-refractivity contribution is -0.130. The van der Waals surface area contributed by atoms with E-state index >= 15 is 0 Å². The summed E-state index contributed by atoms with van der Waals surface area (Å²) in [7, 11) is 0. The third-order valence-electron chi connectivity index (χ3n) is 3.90. The molecule has 1 fully saturated rings. The van der Waals surface area contributed by atoms with E-state index in [1.807, 2.05) is 33.8 Å². The molecule has 0 saturated carbocycles. The van der Waals surface area contributed by atoms with Gasteiger partial charge in [0, 0.05) is 31.9 Å². The van der Waals surface area contributed by atoms with Crippen LogP contribution in [0.25, 0.3) is 0 Å². The molecule has 25 heavy (non-hydrogen) atoms. The van der Waals surface area contributed by atoms with Gasteiger partial charge in [0.15, 0.2) is 0 Å². The molecule has 0 bridgehead atoms. The van der Waals surface area contributed by atoms with Crippen molar-refractivity contribution in [2.75, 3.05) is 32.8 Å². The first-order chi connectivity index (χ1) is 11.8. The number of carbonyl (C=O) groups is 2. The minimum Gasteiger partial charge on any atom is -0.466 e. The van der Waals surface area contributed by atoms with Crippen molar-refractivity contribution in [1.29, 1.82) is 0 Å². The number of hydrogen-bond donors (Lipinski definition) is 0. The Balaban J connectivity index is 2.01. The minimum absolute atomic E-state index is 0.160. The predicted molar refractivity (Wildman–Crippen MR) is 90.9 cm³/mol. The van der Waals surface area contributed by atoms with E-state index in [1.54, 1.807) is 4.90 Å². The molecule has 1 saturated heterocycles. The van der Waals surface area contributed by atoms with E-state index in [1.165, 1.54) is 6.33 Å². The van der Waals surface area contributed by atoms with E-state index in [-0.39, 0.29) is 18.7 Å². The van der Waals surface area contributed by atoms with E-state index in [9.17, 15) is 9.59 Å². The van der Waals surface area contributed by atoms with E-state index < -0.39 is 5.60 Å².